The molecule has 102 valence electrons. The minimum atomic E-state index is -0.00394. The van der Waals surface area contributed by atoms with Crippen molar-refractivity contribution in [2.24, 2.45) is 0 Å². The van der Waals surface area contributed by atoms with Gasteiger partial charge in [0.15, 0.2) is 0 Å². The van der Waals surface area contributed by atoms with Gasteiger partial charge >= 0.3 is 0 Å². The third-order valence-electron chi connectivity index (χ3n) is 2.63. The predicted molar refractivity (Wildman–Crippen MR) is 83.0 cm³/mol. The quantitative estimate of drug-likeness (QED) is 0.793. The molecule has 0 bridgehead atoms. The summed E-state index contributed by atoms with van der Waals surface area (Å²) in [5, 5.41) is 7.11. The SMILES string of the molecule is COCCNC(c1nccs1)c1ccc(Br)cc1Cl. The van der Waals surface area contributed by atoms with E-state index in [0.29, 0.717) is 6.61 Å². The second kappa shape index (κ2) is 7.36. The first-order valence-electron chi connectivity index (χ1n) is 5.79. The van der Waals surface area contributed by atoms with Crippen LogP contribution in [0.25, 0.3) is 0 Å². The van der Waals surface area contributed by atoms with Crippen LogP contribution in [0.2, 0.25) is 5.02 Å². The van der Waals surface area contributed by atoms with E-state index in [4.69, 9.17) is 16.3 Å². The van der Waals surface area contributed by atoms with Gasteiger partial charge in [-0.1, -0.05) is 33.6 Å². The number of hydrogen-bond acceptors (Lipinski definition) is 4. The molecule has 1 aromatic carbocycles. The molecule has 0 aliphatic carbocycles. The normalized spacial score (nSPS) is 12.6. The van der Waals surface area contributed by atoms with Crippen LogP contribution in [-0.4, -0.2) is 25.2 Å². The lowest BCUT2D eigenvalue weighted by atomic mass is 10.1. The summed E-state index contributed by atoms with van der Waals surface area (Å²) in [6.45, 7) is 1.39. The Morgan fingerprint density at radius 1 is 1.53 bits per heavy atom. The summed E-state index contributed by atoms with van der Waals surface area (Å²) in [7, 11) is 1.69. The number of halogens is 2. The van der Waals surface area contributed by atoms with E-state index in [1.807, 2.05) is 23.6 Å². The first kappa shape index (κ1) is 14.9. The van der Waals surface area contributed by atoms with Crippen molar-refractivity contribution in [2.75, 3.05) is 20.3 Å². The Hall–Kier alpha value is -0.460. The van der Waals surface area contributed by atoms with E-state index in [2.05, 4.69) is 26.2 Å². The maximum atomic E-state index is 6.33. The largest absolute Gasteiger partial charge is 0.383 e. The Balaban J connectivity index is 2.26. The second-order valence-corrected chi connectivity index (χ2v) is 6.17. The van der Waals surface area contributed by atoms with Gasteiger partial charge in [0.1, 0.15) is 5.01 Å². The molecule has 0 saturated carbocycles. The maximum Gasteiger partial charge on any atom is 0.114 e. The molecular formula is C13H14BrClN2OS. The summed E-state index contributed by atoms with van der Waals surface area (Å²) >= 11 is 11.4. The average Bonchev–Trinajstić information content (AvgIpc) is 2.89. The minimum Gasteiger partial charge on any atom is -0.383 e. The second-order valence-electron chi connectivity index (χ2n) is 3.92. The molecule has 0 fully saturated rings. The van der Waals surface area contributed by atoms with Gasteiger partial charge in [-0.3, -0.25) is 0 Å². The molecule has 19 heavy (non-hydrogen) atoms. The van der Waals surface area contributed by atoms with Crippen LogP contribution in [0.15, 0.2) is 34.2 Å². The van der Waals surface area contributed by atoms with E-state index in [0.717, 1.165) is 26.6 Å². The van der Waals surface area contributed by atoms with Crippen molar-refractivity contribution in [3.8, 4) is 0 Å². The Labute approximate surface area is 130 Å². The minimum absolute atomic E-state index is 0.00394. The molecule has 1 unspecified atom stereocenters. The molecule has 3 nitrogen and oxygen atoms in total. The summed E-state index contributed by atoms with van der Waals surface area (Å²) in [6.07, 6.45) is 1.80. The van der Waals surface area contributed by atoms with Crippen LogP contribution in [0.3, 0.4) is 0 Å². The monoisotopic (exact) mass is 360 g/mol. The molecule has 0 spiro atoms. The predicted octanol–water partition coefficient (Wildman–Crippen LogP) is 3.88. The molecule has 1 aromatic heterocycles. The highest BCUT2D eigenvalue weighted by atomic mass is 79.9. The first-order chi connectivity index (χ1) is 9.22. The van der Waals surface area contributed by atoms with E-state index >= 15 is 0 Å². The van der Waals surface area contributed by atoms with Crippen molar-refractivity contribution < 1.29 is 4.74 Å². The Morgan fingerprint density at radius 2 is 2.37 bits per heavy atom. The van der Waals surface area contributed by atoms with Crippen molar-refractivity contribution in [2.45, 2.75) is 6.04 Å². The van der Waals surface area contributed by atoms with E-state index < -0.39 is 0 Å². The number of methoxy groups -OCH3 is 1. The molecule has 2 rings (SSSR count). The molecule has 1 heterocycles. The van der Waals surface area contributed by atoms with Gasteiger partial charge in [0.05, 0.1) is 12.6 Å². The number of thiazole rings is 1. The standard InChI is InChI=1S/C13H14BrClN2OS/c1-18-6-4-16-12(13-17-5-7-19-13)10-3-2-9(14)8-11(10)15/h2-3,5,7-8,12,16H,4,6H2,1H3. The van der Waals surface area contributed by atoms with Crippen LogP contribution < -0.4 is 5.32 Å². The Bertz CT molecular complexity index is 521. The van der Waals surface area contributed by atoms with Gasteiger partial charge in [-0.15, -0.1) is 11.3 Å². The third-order valence-corrected chi connectivity index (χ3v) is 4.29. The zero-order valence-electron chi connectivity index (χ0n) is 10.4. The molecule has 0 aliphatic heterocycles. The molecular weight excluding hydrogens is 348 g/mol. The van der Waals surface area contributed by atoms with Crippen LogP contribution in [0.4, 0.5) is 0 Å². The smallest absolute Gasteiger partial charge is 0.114 e. The van der Waals surface area contributed by atoms with E-state index in [-0.39, 0.29) is 6.04 Å². The molecule has 0 amide bonds. The van der Waals surface area contributed by atoms with Crippen LogP contribution in [0.1, 0.15) is 16.6 Å². The number of hydrogen-bond donors (Lipinski definition) is 1. The number of benzene rings is 1. The topological polar surface area (TPSA) is 34.1 Å². The van der Waals surface area contributed by atoms with Crippen molar-refractivity contribution >= 4 is 38.9 Å². The highest BCUT2D eigenvalue weighted by molar-refractivity contribution is 9.10. The van der Waals surface area contributed by atoms with Gasteiger partial charge in [0.25, 0.3) is 0 Å². The maximum absolute atomic E-state index is 6.33. The third kappa shape index (κ3) is 4.00. The fourth-order valence-corrected chi connectivity index (χ4v) is 3.26. The van der Waals surface area contributed by atoms with E-state index in [9.17, 15) is 0 Å². The van der Waals surface area contributed by atoms with Crippen LogP contribution in [0.5, 0.6) is 0 Å². The van der Waals surface area contributed by atoms with Crippen molar-refractivity contribution in [1.29, 1.82) is 0 Å². The fourth-order valence-electron chi connectivity index (χ4n) is 1.75. The summed E-state index contributed by atoms with van der Waals surface area (Å²) < 4.78 is 6.04. The van der Waals surface area contributed by atoms with Gasteiger partial charge in [-0.25, -0.2) is 4.98 Å². The molecule has 6 heteroatoms. The number of aromatic nitrogens is 1. The van der Waals surface area contributed by atoms with E-state index in [1.165, 1.54) is 0 Å². The first-order valence-corrected chi connectivity index (χ1v) is 7.84. The molecule has 0 radical (unpaired) electrons. The van der Waals surface area contributed by atoms with Gasteiger partial charge < -0.3 is 10.1 Å². The summed E-state index contributed by atoms with van der Waals surface area (Å²) in [4.78, 5) is 4.38. The average molecular weight is 362 g/mol. The van der Waals surface area contributed by atoms with Crippen LogP contribution >= 0.6 is 38.9 Å². The number of nitrogens with zero attached hydrogens (tertiary/aromatic N) is 1. The Kier molecular flexibility index (Phi) is 5.78. The fraction of sp³-hybridized carbons (Fsp3) is 0.308. The summed E-state index contributed by atoms with van der Waals surface area (Å²) in [5.74, 6) is 0. The molecule has 2 aromatic rings. The number of rotatable bonds is 6. The molecule has 1 N–H and O–H groups in total. The molecule has 1 atom stereocenters. The van der Waals surface area contributed by atoms with Crippen LogP contribution in [-0.2, 0) is 4.74 Å². The van der Waals surface area contributed by atoms with Crippen molar-refractivity contribution in [1.82, 2.24) is 10.3 Å². The lowest BCUT2D eigenvalue weighted by Gasteiger charge is -2.18. The molecule has 0 saturated heterocycles. The number of ether oxygens (including phenoxy) is 1. The van der Waals surface area contributed by atoms with Gasteiger partial charge in [-0.2, -0.15) is 0 Å². The lowest BCUT2D eigenvalue weighted by Crippen LogP contribution is -2.26. The highest BCUT2D eigenvalue weighted by Crippen LogP contribution is 2.31. The lowest BCUT2D eigenvalue weighted by molar-refractivity contribution is 0.197. The summed E-state index contributed by atoms with van der Waals surface area (Å²) in [5.41, 5.74) is 1.02. The molecule has 0 aliphatic rings. The summed E-state index contributed by atoms with van der Waals surface area (Å²) in [6, 6.07) is 5.89. The zero-order chi connectivity index (χ0) is 13.7. The number of nitrogens with one attached hydrogen (secondary N) is 1. The van der Waals surface area contributed by atoms with Gasteiger partial charge in [0.2, 0.25) is 0 Å². The van der Waals surface area contributed by atoms with Crippen LogP contribution in [0, 0.1) is 0 Å². The van der Waals surface area contributed by atoms with Crippen molar-refractivity contribution in [3.63, 3.8) is 0 Å². The van der Waals surface area contributed by atoms with Crippen molar-refractivity contribution in [3.05, 3.63) is 49.8 Å². The van der Waals surface area contributed by atoms with Gasteiger partial charge in [-0.05, 0) is 17.7 Å². The van der Waals surface area contributed by atoms with Gasteiger partial charge in [0, 0.05) is 34.7 Å². The van der Waals surface area contributed by atoms with E-state index in [1.54, 1.807) is 24.6 Å². The Morgan fingerprint density at radius 3 is 3.00 bits per heavy atom. The zero-order valence-corrected chi connectivity index (χ0v) is 13.6. The highest BCUT2D eigenvalue weighted by Gasteiger charge is 2.18.